The average Bonchev–Trinajstić information content (AvgIpc) is 2.88. The molecule has 0 radical (unpaired) electrons. The lowest BCUT2D eigenvalue weighted by atomic mass is 10.1. The van der Waals surface area contributed by atoms with E-state index in [0.29, 0.717) is 12.1 Å². The molecule has 1 saturated heterocycles. The summed E-state index contributed by atoms with van der Waals surface area (Å²) in [6, 6.07) is 5.74. The van der Waals surface area contributed by atoms with Crippen molar-refractivity contribution in [1.82, 2.24) is 0 Å². The van der Waals surface area contributed by atoms with Crippen molar-refractivity contribution in [2.24, 2.45) is 0 Å². The van der Waals surface area contributed by atoms with E-state index in [1.807, 2.05) is 32.0 Å². The summed E-state index contributed by atoms with van der Waals surface area (Å²) >= 11 is 0. The second-order valence-electron chi connectivity index (χ2n) is 5.33. The summed E-state index contributed by atoms with van der Waals surface area (Å²) in [5.74, 6) is 5.74. The van der Waals surface area contributed by atoms with Gasteiger partial charge in [0.1, 0.15) is 6.10 Å². The fraction of sp³-hybridized carbons (Fsp3) is 0.471. The van der Waals surface area contributed by atoms with Crippen molar-refractivity contribution in [3.05, 3.63) is 29.3 Å². The number of anilines is 1. The largest absolute Gasteiger partial charge is 0.395 e. The van der Waals surface area contributed by atoms with Gasteiger partial charge in [0.25, 0.3) is 5.91 Å². The molecule has 1 aliphatic rings. The highest BCUT2D eigenvalue weighted by Gasteiger charge is 2.28. The van der Waals surface area contributed by atoms with Gasteiger partial charge in [0, 0.05) is 12.0 Å². The van der Waals surface area contributed by atoms with Crippen molar-refractivity contribution >= 4 is 11.6 Å². The number of aryl methyl sites for hydroxylation is 1. The monoisotopic (exact) mass is 287 g/mol. The molecule has 21 heavy (non-hydrogen) atoms. The van der Waals surface area contributed by atoms with Crippen molar-refractivity contribution in [3.8, 4) is 11.8 Å². The van der Waals surface area contributed by atoms with Crippen molar-refractivity contribution in [2.75, 3.05) is 11.9 Å². The Morgan fingerprint density at radius 1 is 1.48 bits per heavy atom. The van der Waals surface area contributed by atoms with E-state index in [1.54, 1.807) is 0 Å². The predicted molar refractivity (Wildman–Crippen MR) is 82.0 cm³/mol. The molecule has 4 heteroatoms. The zero-order valence-electron chi connectivity index (χ0n) is 12.5. The Kier molecular flexibility index (Phi) is 5.38. The van der Waals surface area contributed by atoms with E-state index in [1.165, 1.54) is 0 Å². The van der Waals surface area contributed by atoms with Gasteiger partial charge in [-0.2, -0.15) is 0 Å². The standard InChI is InChI=1S/C17H21NO3/c1-12-6-8-14(5-3-4-10-19)15(11-12)18-17(20)16-9-7-13(2)21-16/h6,8,11,13,16,19H,4,7,9-10H2,1-2H3,(H,18,20). The van der Waals surface area contributed by atoms with Gasteiger partial charge in [-0.3, -0.25) is 4.79 Å². The fourth-order valence-corrected chi connectivity index (χ4v) is 2.29. The number of hydrogen-bond acceptors (Lipinski definition) is 3. The first-order valence-corrected chi connectivity index (χ1v) is 7.27. The minimum atomic E-state index is -0.376. The molecule has 1 aliphatic heterocycles. The number of carbonyl (C=O) groups excluding carboxylic acids is 1. The lowest BCUT2D eigenvalue weighted by Crippen LogP contribution is -2.28. The van der Waals surface area contributed by atoms with Crippen molar-refractivity contribution in [3.63, 3.8) is 0 Å². The van der Waals surface area contributed by atoms with E-state index in [9.17, 15) is 4.79 Å². The molecule has 2 atom stereocenters. The van der Waals surface area contributed by atoms with Crippen LogP contribution in [0.25, 0.3) is 0 Å². The summed E-state index contributed by atoms with van der Waals surface area (Å²) in [4.78, 5) is 12.2. The molecule has 0 aliphatic carbocycles. The zero-order valence-corrected chi connectivity index (χ0v) is 12.5. The number of nitrogens with one attached hydrogen (secondary N) is 1. The highest BCUT2D eigenvalue weighted by atomic mass is 16.5. The third kappa shape index (κ3) is 4.32. The summed E-state index contributed by atoms with van der Waals surface area (Å²) in [6.45, 7) is 3.98. The van der Waals surface area contributed by atoms with Crippen molar-refractivity contribution in [2.45, 2.75) is 45.3 Å². The maximum Gasteiger partial charge on any atom is 0.253 e. The van der Waals surface area contributed by atoms with E-state index in [4.69, 9.17) is 9.84 Å². The number of amides is 1. The number of rotatable bonds is 3. The number of ether oxygens (including phenoxy) is 1. The predicted octanol–water partition coefficient (Wildman–Crippen LogP) is 2.23. The van der Waals surface area contributed by atoms with Gasteiger partial charge < -0.3 is 15.2 Å². The molecule has 2 rings (SSSR count). The van der Waals surface area contributed by atoms with Gasteiger partial charge in [-0.05, 0) is 44.4 Å². The van der Waals surface area contributed by atoms with E-state index in [2.05, 4.69) is 17.2 Å². The maximum atomic E-state index is 12.2. The quantitative estimate of drug-likeness (QED) is 0.838. The normalized spacial score (nSPS) is 20.7. The summed E-state index contributed by atoms with van der Waals surface area (Å²) in [7, 11) is 0. The maximum absolute atomic E-state index is 12.2. The van der Waals surface area contributed by atoms with E-state index in [0.717, 1.165) is 24.0 Å². The number of aliphatic hydroxyl groups is 1. The van der Waals surface area contributed by atoms with Crippen LogP contribution in [0, 0.1) is 18.8 Å². The lowest BCUT2D eigenvalue weighted by Gasteiger charge is -2.13. The van der Waals surface area contributed by atoms with E-state index in [-0.39, 0.29) is 24.7 Å². The number of aliphatic hydroxyl groups excluding tert-OH is 1. The van der Waals surface area contributed by atoms with Crippen LogP contribution < -0.4 is 5.32 Å². The molecule has 0 aromatic heterocycles. The Bertz CT molecular complexity index is 571. The summed E-state index contributed by atoms with van der Waals surface area (Å²) in [5, 5.41) is 11.7. The molecule has 1 amide bonds. The molecule has 112 valence electrons. The molecule has 0 spiro atoms. The summed E-state index contributed by atoms with van der Waals surface area (Å²) < 4.78 is 5.58. The molecule has 1 aromatic rings. The average molecular weight is 287 g/mol. The smallest absolute Gasteiger partial charge is 0.253 e. The fourth-order valence-electron chi connectivity index (χ4n) is 2.29. The van der Waals surface area contributed by atoms with Crippen LogP contribution in [0.1, 0.15) is 37.3 Å². The molecule has 4 nitrogen and oxygen atoms in total. The summed E-state index contributed by atoms with van der Waals surface area (Å²) in [5.41, 5.74) is 2.51. The second kappa shape index (κ2) is 7.26. The minimum absolute atomic E-state index is 0.0361. The van der Waals surface area contributed by atoms with Gasteiger partial charge in [-0.15, -0.1) is 0 Å². The van der Waals surface area contributed by atoms with Crippen LogP contribution in [-0.2, 0) is 9.53 Å². The Morgan fingerprint density at radius 2 is 2.29 bits per heavy atom. The third-order valence-electron chi connectivity index (χ3n) is 3.42. The van der Waals surface area contributed by atoms with Gasteiger partial charge in [0.2, 0.25) is 0 Å². The first-order chi connectivity index (χ1) is 10.1. The van der Waals surface area contributed by atoms with Gasteiger partial charge in [-0.25, -0.2) is 0 Å². The first kappa shape index (κ1) is 15.6. The minimum Gasteiger partial charge on any atom is -0.395 e. The highest BCUT2D eigenvalue weighted by Crippen LogP contribution is 2.22. The number of benzene rings is 1. The molecular formula is C17H21NO3. The van der Waals surface area contributed by atoms with E-state index >= 15 is 0 Å². The Morgan fingerprint density at radius 3 is 2.95 bits per heavy atom. The molecule has 2 N–H and O–H groups in total. The molecule has 0 saturated carbocycles. The Balaban J connectivity index is 2.13. The lowest BCUT2D eigenvalue weighted by molar-refractivity contribution is -0.126. The van der Waals surface area contributed by atoms with Crippen LogP contribution in [0.5, 0.6) is 0 Å². The highest BCUT2D eigenvalue weighted by molar-refractivity contribution is 5.95. The Hall–Kier alpha value is -1.83. The van der Waals surface area contributed by atoms with Gasteiger partial charge in [-0.1, -0.05) is 17.9 Å². The molecular weight excluding hydrogens is 266 g/mol. The second-order valence-corrected chi connectivity index (χ2v) is 5.33. The molecule has 1 aromatic carbocycles. The van der Waals surface area contributed by atoms with Crippen LogP contribution in [0.15, 0.2) is 18.2 Å². The zero-order chi connectivity index (χ0) is 15.2. The van der Waals surface area contributed by atoms with Crippen LogP contribution >= 0.6 is 0 Å². The Labute approximate surface area is 125 Å². The molecule has 0 bridgehead atoms. The molecule has 2 unspecified atom stereocenters. The summed E-state index contributed by atoms with van der Waals surface area (Å²) in [6.07, 6.45) is 1.85. The first-order valence-electron chi connectivity index (χ1n) is 7.27. The van der Waals surface area contributed by atoms with Gasteiger partial charge in [0.15, 0.2) is 0 Å². The van der Waals surface area contributed by atoms with Gasteiger partial charge in [0.05, 0.1) is 18.4 Å². The van der Waals surface area contributed by atoms with Crippen LogP contribution in [-0.4, -0.2) is 29.8 Å². The number of hydrogen-bond donors (Lipinski definition) is 2. The SMILES string of the molecule is Cc1ccc(C#CCCO)c(NC(=O)C2CCC(C)O2)c1. The van der Waals surface area contributed by atoms with Crippen molar-refractivity contribution < 1.29 is 14.6 Å². The van der Waals surface area contributed by atoms with Crippen LogP contribution in [0.4, 0.5) is 5.69 Å². The number of carbonyl (C=O) groups is 1. The molecule has 1 fully saturated rings. The van der Waals surface area contributed by atoms with E-state index < -0.39 is 0 Å². The van der Waals surface area contributed by atoms with Crippen LogP contribution in [0.3, 0.4) is 0 Å². The molecule has 1 heterocycles. The third-order valence-corrected chi connectivity index (χ3v) is 3.42. The van der Waals surface area contributed by atoms with Crippen molar-refractivity contribution in [1.29, 1.82) is 0 Å². The van der Waals surface area contributed by atoms with Crippen LogP contribution in [0.2, 0.25) is 0 Å². The van der Waals surface area contributed by atoms with Gasteiger partial charge >= 0.3 is 0 Å². The topological polar surface area (TPSA) is 58.6 Å².